The highest BCUT2D eigenvalue weighted by Gasteiger charge is 2.42. The van der Waals surface area contributed by atoms with E-state index in [1.807, 2.05) is 43.3 Å². The Kier molecular flexibility index (Phi) is 7.45. The van der Waals surface area contributed by atoms with Crippen LogP contribution in [0.15, 0.2) is 48.5 Å². The fourth-order valence-corrected chi connectivity index (χ4v) is 4.16. The average molecular weight is 422 g/mol. The SMILES string of the molecule is CCCCC(=O)NC1(C(=O)NCc2ccc(-c3ccccc3C(N)=O)cc2)CCCC1. The van der Waals surface area contributed by atoms with Crippen molar-refractivity contribution in [2.75, 3.05) is 0 Å². The number of nitrogens with one attached hydrogen (secondary N) is 2. The van der Waals surface area contributed by atoms with Gasteiger partial charge in [-0.1, -0.05) is 68.7 Å². The lowest BCUT2D eigenvalue weighted by Crippen LogP contribution is -2.57. The Bertz CT molecular complexity index is 931. The number of hydrogen-bond acceptors (Lipinski definition) is 3. The lowest BCUT2D eigenvalue weighted by Gasteiger charge is -2.29. The largest absolute Gasteiger partial charge is 0.366 e. The Morgan fingerprint density at radius 1 is 1.00 bits per heavy atom. The summed E-state index contributed by atoms with van der Waals surface area (Å²) in [6.07, 6.45) is 5.48. The second-order valence-electron chi connectivity index (χ2n) is 8.23. The summed E-state index contributed by atoms with van der Waals surface area (Å²) in [7, 11) is 0. The van der Waals surface area contributed by atoms with Crippen molar-refractivity contribution < 1.29 is 14.4 Å². The first kappa shape index (κ1) is 22.5. The maximum atomic E-state index is 13.0. The summed E-state index contributed by atoms with van der Waals surface area (Å²) in [5.74, 6) is -0.621. The first-order valence-corrected chi connectivity index (χ1v) is 11.0. The lowest BCUT2D eigenvalue weighted by atomic mass is 9.95. The standard InChI is InChI=1S/C25H31N3O3/c1-2-3-10-22(29)28-25(15-6-7-16-25)24(31)27-17-18-11-13-19(14-12-18)20-8-4-5-9-21(20)23(26)30/h4-5,8-9,11-14H,2-3,6-7,10,15-17H2,1H3,(H2,26,30)(H,27,31)(H,28,29). The molecule has 6 heteroatoms. The first-order chi connectivity index (χ1) is 14.9. The van der Waals surface area contributed by atoms with E-state index in [0.717, 1.165) is 42.4 Å². The minimum absolute atomic E-state index is 0.0450. The highest BCUT2D eigenvalue weighted by Crippen LogP contribution is 2.30. The maximum absolute atomic E-state index is 13.0. The maximum Gasteiger partial charge on any atom is 0.249 e. The van der Waals surface area contributed by atoms with Gasteiger partial charge in [-0.15, -0.1) is 0 Å². The van der Waals surface area contributed by atoms with Crippen LogP contribution in [-0.2, 0) is 16.1 Å². The molecule has 2 aromatic carbocycles. The van der Waals surface area contributed by atoms with Crippen molar-refractivity contribution in [1.82, 2.24) is 10.6 Å². The molecule has 31 heavy (non-hydrogen) atoms. The minimum Gasteiger partial charge on any atom is -0.366 e. The third-order valence-corrected chi connectivity index (χ3v) is 5.94. The zero-order chi connectivity index (χ0) is 22.3. The number of primary amides is 1. The molecule has 0 heterocycles. The van der Waals surface area contributed by atoms with E-state index in [4.69, 9.17) is 5.73 Å². The zero-order valence-corrected chi connectivity index (χ0v) is 18.1. The van der Waals surface area contributed by atoms with Crippen molar-refractivity contribution in [3.63, 3.8) is 0 Å². The van der Waals surface area contributed by atoms with E-state index in [9.17, 15) is 14.4 Å². The van der Waals surface area contributed by atoms with Crippen molar-refractivity contribution in [3.05, 3.63) is 59.7 Å². The predicted molar refractivity (Wildman–Crippen MR) is 121 cm³/mol. The summed E-state index contributed by atoms with van der Waals surface area (Å²) in [5.41, 5.74) is 7.79. The molecule has 0 radical (unpaired) electrons. The zero-order valence-electron chi connectivity index (χ0n) is 18.1. The number of benzene rings is 2. The van der Waals surface area contributed by atoms with E-state index in [-0.39, 0.29) is 11.8 Å². The summed E-state index contributed by atoms with van der Waals surface area (Å²) >= 11 is 0. The second kappa shape index (κ2) is 10.2. The second-order valence-corrected chi connectivity index (χ2v) is 8.23. The molecule has 1 fully saturated rings. The van der Waals surface area contributed by atoms with Crippen LogP contribution < -0.4 is 16.4 Å². The molecule has 164 valence electrons. The van der Waals surface area contributed by atoms with Crippen LogP contribution in [0.4, 0.5) is 0 Å². The summed E-state index contributed by atoms with van der Waals surface area (Å²) < 4.78 is 0. The van der Waals surface area contributed by atoms with Gasteiger partial charge in [-0.2, -0.15) is 0 Å². The molecule has 1 saturated carbocycles. The van der Waals surface area contributed by atoms with Crippen LogP contribution in [0.3, 0.4) is 0 Å². The molecular formula is C25H31N3O3. The van der Waals surface area contributed by atoms with Crippen LogP contribution in [-0.4, -0.2) is 23.3 Å². The van der Waals surface area contributed by atoms with Gasteiger partial charge in [-0.3, -0.25) is 14.4 Å². The van der Waals surface area contributed by atoms with E-state index in [1.54, 1.807) is 12.1 Å². The topological polar surface area (TPSA) is 101 Å². The van der Waals surface area contributed by atoms with Gasteiger partial charge in [0.2, 0.25) is 17.7 Å². The Morgan fingerprint density at radius 2 is 1.68 bits per heavy atom. The molecule has 0 saturated heterocycles. The molecule has 0 bridgehead atoms. The smallest absolute Gasteiger partial charge is 0.249 e. The van der Waals surface area contributed by atoms with Gasteiger partial charge >= 0.3 is 0 Å². The van der Waals surface area contributed by atoms with Crippen molar-refractivity contribution in [2.45, 2.75) is 64.0 Å². The number of rotatable bonds is 9. The summed E-state index contributed by atoms with van der Waals surface area (Å²) in [4.78, 5) is 36.9. The molecule has 0 atom stereocenters. The van der Waals surface area contributed by atoms with Crippen molar-refractivity contribution >= 4 is 17.7 Å². The fraction of sp³-hybridized carbons (Fsp3) is 0.400. The van der Waals surface area contributed by atoms with Crippen LogP contribution in [0.1, 0.15) is 67.8 Å². The van der Waals surface area contributed by atoms with Crippen LogP contribution in [0.25, 0.3) is 11.1 Å². The Balaban J connectivity index is 1.65. The summed E-state index contributed by atoms with van der Waals surface area (Å²) in [6, 6.07) is 14.9. The van der Waals surface area contributed by atoms with Crippen LogP contribution in [0.5, 0.6) is 0 Å². The molecule has 3 amide bonds. The van der Waals surface area contributed by atoms with Crippen molar-refractivity contribution in [1.29, 1.82) is 0 Å². The van der Waals surface area contributed by atoms with Crippen molar-refractivity contribution in [2.24, 2.45) is 5.73 Å². The van der Waals surface area contributed by atoms with Gasteiger partial charge in [0.1, 0.15) is 5.54 Å². The average Bonchev–Trinajstić information content (AvgIpc) is 3.26. The number of amides is 3. The minimum atomic E-state index is -0.787. The fourth-order valence-electron chi connectivity index (χ4n) is 4.16. The lowest BCUT2D eigenvalue weighted by molar-refractivity contribution is -0.133. The van der Waals surface area contributed by atoms with E-state index in [0.29, 0.717) is 31.4 Å². The van der Waals surface area contributed by atoms with Gasteiger partial charge < -0.3 is 16.4 Å². The van der Waals surface area contributed by atoms with E-state index in [1.165, 1.54) is 0 Å². The molecule has 4 N–H and O–H groups in total. The molecule has 0 unspecified atom stereocenters. The normalized spacial score (nSPS) is 14.7. The summed E-state index contributed by atoms with van der Waals surface area (Å²) in [5, 5.41) is 6.02. The van der Waals surface area contributed by atoms with Crippen LogP contribution in [0.2, 0.25) is 0 Å². The molecule has 0 aromatic heterocycles. The highest BCUT2D eigenvalue weighted by atomic mass is 16.2. The van der Waals surface area contributed by atoms with E-state index < -0.39 is 11.4 Å². The monoisotopic (exact) mass is 421 g/mol. The number of nitrogens with two attached hydrogens (primary N) is 1. The van der Waals surface area contributed by atoms with Gasteiger partial charge in [0.15, 0.2) is 0 Å². The van der Waals surface area contributed by atoms with Gasteiger partial charge in [-0.25, -0.2) is 0 Å². The quantitative estimate of drug-likeness (QED) is 0.575. The Hall–Kier alpha value is -3.15. The first-order valence-electron chi connectivity index (χ1n) is 11.0. The molecule has 6 nitrogen and oxygen atoms in total. The predicted octanol–water partition coefficient (Wildman–Crippen LogP) is 3.69. The van der Waals surface area contributed by atoms with Crippen molar-refractivity contribution in [3.8, 4) is 11.1 Å². The third kappa shape index (κ3) is 5.51. The third-order valence-electron chi connectivity index (χ3n) is 5.94. The Morgan fingerprint density at radius 3 is 2.32 bits per heavy atom. The van der Waals surface area contributed by atoms with Crippen LogP contribution in [0, 0.1) is 0 Å². The molecule has 3 rings (SSSR count). The molecule has 1 aliphatic carbocycles. The van der Waals surface area contributed by atoms with Gasteiger partial charge in [-0.05, 0) is 42.0 Å². The molecule has 2 aromatic rings. The number of carbonyl (C=O) groups excluding carboxylic acids is 3. The molecule has 1 aliphatic rings. The van der Waals surface area contributed by atoms with Gasteiger partial charge in [0, 0.05) is 18.5 Å². The molecule has 0 aliphatic heterocycles. The Labute approximate surface area is 183 Å². The number of carbonyl (C=O) groups is 3. The molecule has 0 spiro atoms. The number of unbranched alkanes of at least 4 members (excludes halogenated alkanes) is 1. The van der Waals surface area contributed by atoms with Crippen LogP contribution >= 0.6 is 0 Å². The van der Waals surface area contributed by atoms with E-state index in [2.05, 4.69) is 10.6 Å². The van der Waals surface area contributed by atoms with Gasteiger partial charge in [0.25, 0.3) is 0 Å². The molecular weight excluding hydrogens is 390 g/mol. The summed E-state index contributed by atoms with van der Waals surface area (Å²) in [6.45, 7) is 2.42. The van der Waals surface area contributed by atoms with E-state index >= 15 is 0 Å². The van der Waals surface area contributed by atoms with Gasteiger partial charge in [0.05, 0.1) is 0 Å². The number of hydrogen-bond donors (Lipinski definition) is 3. The highest BCUT2D eigenvalue weighted by molar-refractivity contribution is 5.99.